The Bertz CT molecular complexity index is 255. The van der Waals surface area contributed by atoms with Crippen LogP contribution in [0.2, 0.25) is 0 Å². The normalized spacial score (nSPS) is 16.4. The minimum atomic E-state index is 0.665. The van der Waals surface area contributed by atoms with Crippen molar-refractivity contribution in [2.75, 3.05) is 18.4 Å². The minimum Gasteiger partial charge on any atom is -0.360 e. The van der Waals surface area contributed by atoms with E-state index in [0.29, 0.717) is 6.54 Å². The van der Waals surface area contributed by atoms with Crippen molar-refractivity contribution in [3.05, 3.63) is 11.1 Å². The Morgan fingerprint density at radius 2 is 2.50 bits per heavy atom. The van der Waals surface area contributed by atoms with Gasteiger partial charge in [-0.3, -0.25) is 0 Å². The number of nitrogens with two attached hydrogens (primary N) is 1. The molecule has 1 fully saturated rings. The number of hydrogen-bond acceptors (Lipinski definition) is 4. The van der Waals surface area contributed by atoms with E-state index in [1.807, 2.05) is 0 Å². The van der Waals surface area contributed by atoms with Crippen molar-refractivity contribution in [1.29, 1.82) is 0 Å². The van der Waals surface area contributed by atoms with Crippen LogP contribution in [0.4, 0.5) is 5.13 Å². The van der Waals surface area contributed by atoms with Crippen LogP contribution in [0, 0.1) is 0 Å². The number of nitrogens with one attached hydrogen (secondary N) is 1. The Labute approximate surface area is 76.0 Å². The molecule has 0 aromatic carbocycles. The van der Waals surface area contributed by atoms with E-state index >= 15 is 0 Å². The average Bonchev–Trinajstić information content (AvgIpc) is 2.83. The zero-order chi connectivity index (χ0) is 8.39. The van der Waals surface area contributed by atoms with Gasteiger partial charge in [0.15, 0.2) is 5.13 Å². The first-order chi connectivity index (χ1) is 5.90. The Morgan fingerprint density at radius 1 is 1.67 bits per heavy atom. The molecule has 0 aliphatic heterocycles. The number of nitrogens with zero attached hydrogens (tertiary/aromatic N) is 1. The summed E-state index contributed by atoms with van der Waals surface area (Å²) in [6.07, 6.45) is 2.64. The van der Waals surface area contributed by atoms with Crippen molar-refractivity contribution >= 4 is 16.5 Å². The molecule has 4 heteroatoms. The van der Waals surface area contributed by atoms with Crippen LogP contribution in [-0.4, -0.2) is 18.1 Å². The van der Waals surface area contributed by atoms with E-state index in [-0.39, 0.29) is 0 Å². The number of thiazole rings is 1. The van der Waals surface area contributed by atoms with Gasteiger partial charge in [-0.15, -0.1) is 11.3 Å². The molecule has 1 heterocycles. The van der Waals surface area contributed by atoms with E-state index in [0.717, 1.165) is 17.6 Å². The maximum Gasteiger partial charge on any atom is 0.182 e. The second-order valence-corrected chi connectivity index (χ2v) is 3.93. The Kier molecular flexibility index (Phi) is 2.28. The molecule has 0 unspecified atom stereocenters. The minimum absolute atomic E-state index is 0.665. The van der Waals surface area contributed by atoms with E-state index in [2.05, 4.69) is 15.7 Å². The van der Waals surface area contributed by atoms with Gasteiger partial charge < -0.3 is 11.1 Å². The van der Waals surface area contributed by atoms with Crippen molar-refractivity contribution in [3.8, 4) is 0 Å². The van der Waals surface area contributed by atoms with Crippen molar-refractivity contribution < 1.29 is 0 Å². The van der Waals surface area contributed by atoms with Gasteiger partial charge in [0.25, 0.3) is 0 Å². The summed E-state index contributed by atoms with van der Waals surface area (Å²) < 4.78 is 0. The van der Waals surface area contributed by atoms with E-state index in [1.54, 1.807) is 11.3 Å². The fourth-order valence-corrected chi connectivity index (χ4v) is 1.93. The second-order valence-electron chi connectivity index (χ2n) is 3.07. The van der Waals surface area contributed by atoms with Crippen LogP contribution < -0.4 is 11.1 Å². The standard InChI is InChI=1S/C8H13N3S/c9-3-4-10-8-11-7(5-12-8)6-1-2-6/h5-6H,1-4,9H2,(H,10,11). The lowest BCUT2D eigenvalue weighted by molar-refractivity contribution is 1.00. The predicted octanol–water partition coefficient (Wildman–Crippen LogP) is 1.39. The SMILES string of the molecule is NCCNc1nc(C2CC2)cs1. The first-order valence-corrected chi connectivity index (χ1v) is 5.17. The summed E-state index contributed by atoms with van der Waals surface area (Å²) in [5.74, 6) is 0.759. The summed E-state index contributed by atoms with van der Waals surface area (Å²) in [5, 5.41) is 6.35. The fourth-order valence-electron chi connectivity index (χ4n) is 1.11. The van der Waals surface area contributed by atoms with E-state index in [9.17, 15) is 0 Å². The molecule has 1 aliphatic rings. The monoisotopic (exact) mass is 183 g/mol. The molecule has 2 rings (SSSR count). The highest BCUT2D eigenvalue weighted by molar-refractivity contribution is 7.13. The van der Waals surface area contributed by atoms with Gasteiger partial charge in [-0.2, -0.15) is 0 Å². The molecule has 1 aromatic rings. The Hall–Kier alpha value is -0.610. The zero-order valence-electron chi connectivity index (χ0n) is 6.92. The van der Waals surface area contributed by atoms with E-state index < -0.39 is 0 Å². The van der Waals surface area contributed by atoms with Gasteiger partial charge >= 0.3 is 0 Å². The molecule has 1 aromatic heterocycles. The van der Waals surface area contributed by atoms with Crippen LogP contribution in [0.3, 0.4) is 0 Å². The maximum atomic E-state index is 5.37. The lowest BCUT2D eigenvalue weighted by Gasteiger charge is -1.96. The van der Waals surface area contributed by atoms with Crippen LogP contribution in [-0.2, 0) is 0 Å². The number of hydrogen-bond donors (Lipinski definition) is 2. The summed E-state index contributed by atoms with van der Waals surface area (Å²) in [5.41, 5.74) is 6.63. The van der Waals surface area contributed by atoms with Crippen LogP contribution in [0.1, 0.15) is 24.5 Å². The summed E-state index contributed by atoms with van der Waals surface area (Å²) >= 11 is 1.68. The molecule has 0 saturated heterocycles. The molecule has 0 amide bonds. The fraction of sp³-hybridized carbons (Fsp3) is 0.625. The van der Waals surface area contributed by atoms with Crippen molar-refractivity contribution in [3.63, 3.8) is 0 Å². The molecule has 12 heavy (non-hydrogen) atoms. The van der Waals surface area contributed by atoms with E-state index in [1.165, 1.54) is 18.5 Å². The third-order valence-electron chi connectivity index (χ3n) is 1.94. The van der Waals surface area contributed by atoms with Crippen LogP contribution >= 0.6 is 11.3 Å². The van der Waals surface area contributed by atoms with Gasteiger partial charge in [0, 0.05) is 24.4 Å². The Balaban J connectivity index is 1.93. The highest BCUT2D eigenvalue weighted by atomic mass is 32.1. The molecule has 1 aliphatic carbocycles. The van der Waals surface area contributed by atoms with Crippen LogP contribution in [0.15, 0.2) is 5.38 Å². The zero-order valence-corrected chi connectivity index (χ0v) is 7.73. The van der Waals surface area contributed by atoms with Crippen molar-refractivity contribution in [2.45, 2.75) is 18.8 Å². The van der Waals surface area contributed by atoms with Gasteiger partial charge in [0.1, 0.15) is 0 Å². The van der Waals surface area contributed by atoms with Gasteiger partial charge in [0.2, 0.25) is 0 Å². The highest BCUT2D eigenvalue weighted by Gasteiger charge is 2.25. The van der Waals surface area contributed by atoms with Gasteiger partial charge in [-0.1, -0.05) is 0 Å². The van der Waals surface area contributed by atoms with Crippen LogP contribution in [0.25, 0.3) is 0 Å². The third-order valence-corrected chi connectivity index (χ3v) is 2.76. The van der Waals surface area contributed by atoms with Gasteiger partial charge in [-0.25, -0.2) is 4.98 Å². The maximum absolute atomic E-state index is 5.37. The van der Waals surface area contributed by atoms with Crippen molar-refractivity contribution in [1.82, 2.24) is 4.98 Å². The molecular formula is C8H13N3S. The van der Waals surface area contributed by atoms with Crippen molar-refractivity contribution in [2.24, 2.45) is 5.73 Å². The smallest absolute Gasteiger partial charge is 0.182 e. The molecule has 3 nitrogen and oxygen atoms in total. The number of rotatable bonds is 4. The number of aromatic nitrogens is 1. The largest absolute Gasteiger partial charge is 0.360 e. The topological polar surface area (TPSA) is 50.9 Å². The second kappa shape index (κ2) is 3.41. The Morgan fingerprint density at radius 3 is 3.17 bits per heavy atom. The molecule has 0 radical (unpaired) electrons. The summed E-state index contributed by atoms with van der Waals surface area (Å²) in [6, 6.07) is 0. The molecule has 1 saturated carbocycles. The summed E-state index contributed by atoms with van der Waals surface area (Å²) in [6.45, 7) is 1.48. The first kappa shape index (κ1) is 8.01. The quantitative estimate of drug-likeness (QED) is 0.741. The number of anilines is 1. The molecule has 66 valence electrons. The van der Waals surface area contributed by atoms with E-state index in [4.69, 9.17) is 5.73 Å². The molecule has 3 N–H and O–H groups in total. The predicted molar refractivity (Wildman–Crippen MR) is 51.6 cm³/mol. The van der Waals surface area contributed by atoms with Crippen LogP contribution in [0.5, 0.6) is 0 Å². The molecule has 0 spiro atoms. The van der Waals surface area contributed by atoms with Gasteiger partial charge in [0.05, 0.1) is 5.69 Å². The lowest BCUT2D eigenvalue weighted by atomic mass is 10.3. The summed E-state index contributed by atoms with van der Waals surface area (Å²) in [4.78, 5) is 4.46. The highest BCUT2D eigenvalue weighted by Crippen LogP contribution is 2.40. The lowest BCUT2D eigenvalue weighted by Crippen LogP contribution is -2.12. The third kappa shape index (κ3) is 1.76. The summed E-state index contributed by atoms with van der Waals surface area (Å²) in [7, 11) is 0. The molecule has 0 bridgehead atoms. The molecular weight excluding hydrogens is 170 g/mol. The average molecular weight is 183 g/mol. The molecule has 0 atom stereocenters. The van der Waals surface area contributed by atoms with Gasteiger partial charge in [-0.05, 0) is 12.8 Å². The first-order valence-electron chi connectivity index (χ1n) is 4.29.